The van der Waals surface area contributed by atoms with Gasteiger partial charge >= 0.3 is 0 Å². The molecule has 0 aliphatic carbocycles. The van der Waals surface area contributed by atoms with E-state index in [2.05, 4.69) is 6.07 Å². The van der Waals surface area contributed by atoms with Gasteiger partial charge in [0.1, 0.15) is 12.4 Å². The van der Waals surface area contributed by atoms with Gasteiger partial charge in [0.25, 0.3) is 0 Å². The number of carbonyl (C=O) groups is 1. The van der Waals surface area contributed by atoms with Crippen LogP contribution in [0.5, 0.6) is 5.75 Å². The highest BCUT2D eigenvalue weighted by Crippen LogP contribution is 2.32. The first-order valence-electron chi connectivity index (χ1n) is 6.14. The molecule has 0 bridgehead atoms. The molecular weight excluding hydrogens is 295 g/mol. The van der Waals surface area contributed by atoms with E-state index < -0.39 is 0 Å². The molecule has 0 fully saturated rings. The Morgan fingerprint density at radius 1 is 1.15 bits per heavy atom. The molecule has 20 heavy (non-hydrogen) atoms. The minimum Gasteiger partial charge on any atom is -0.487 e. The first kappa shape index (κ1) is 14.9. The molecule has 0 amide bonds. The van der Waals surface area contributed by atoms with E-state index in [9.17, 15) is 4.79 Å². The third-order valence-electron chi connectivity index (χ3n) is 3.04. The number of ether oxygens (including phenoxy) is 1. The summed E-state index contributed by atoms with van der Waals surface area (Å²) in [6, 6.07) is 9.25. The maximum Gasteiger partial charge on any atom is 0.153 e. The Bertz CT molecular complexity index is 651. The lowest BCUT2D eigenvalue weighted by molar-refractivity contribution is 0.111. The summed E-state index contributed by atoms with van der Waals surface area (Å²) in [6.07, 6.45) is 0.691. The molecule has 2 rings (SSSR count). The number of benzene rings is 2. The van der Waals surface area contributed by atoms with Crippen molar-refractivity contribution in [2.45, 2.75) is 20.5 Å². The Hall–Kier alpha value is -1.51. The Labute approximate surface area is 128 Å². The lowest BCUT2D eigenvalue weighted by Gasteiger charge is -2.13. The standard InChI is InChI=1S/C16H14Cl2O2/c1-10-3-4-11(2)13(5-10)9-20-16-12(8-19)6-14(17)7-15(16)18/h3-8H,9H2,1-2H3. The van der Waals surface area contributed by atoms with E-state index in [1.54, 1.807) is 12.1 Å². The smallest absolute Gasteiger partial charge is 0.153 e. The van der Waals surface area contributed by atoms with Gasteiger partial charge in [-0.05, 0) is 37.1 Å². The molecular formula is C16H14Cl2O2. The van der Waals surface area contributed by atoms with Gasteiger partial charge in [-0.1, -0.05) is 47.0 Å². The molecule has 2 aromatic rings. The highest BCUT2D eigenvalue weighted by atomic mass is 35.5. The van der Waals surface area contributed by atoms with Crippen molar-refractivity contribution in [1.82, 2.24) is 0 Å². The number of aldehydes is 1. The minimum atomic E-state index is 0.338. The summed E-state index contributed by atoms with van der Waals surface area (Å²) in [5.74, 6) is 0.368. The second-order valence-corrected chi connectivity index (χ2v) is 5.49. The molecule has 2 nitrogen and oxygen atoms in total. The number of hydrogen-bond donors (Lipinski definition) is 0. The third kappa shape index (κ3) is 3.33. The summed E-state index contributed by atoms with van der Waals surface area (Å²) in [7, 11) is 0. The maximum atomic E-state index is 11.1. The van der Waals surface area contributed by atoms with Crippen molar-refractivity contribution in [2.24, 2.45) is 0 Å². The molecule has 0 aromatic heterocycles. The first-order valence-corrected chi connectivity index (χ1v) is 6.90. The SMILES string of the molecule is Cc1ccc(C)c(COc2c(Cl)cc(Cl)cc2C=O)c1. The zero-order valence-corrected chi connectivity index (χ0v) is 12.8. The summed E-state index contributed by atoms with van der Waals surface area (Å²) in [5.41, 5.74) is 3.71. The van der Waals surface area contributed by atoms with Crippen LogP contribution >= 0.6 is 23.2 Å². The average Bonchev–Trinajstić information content (AvgIpc) is 2.40. The fraction of sp³-hybridized carbons (Fsp3) is 0.188. The number of halogens is 2. The van der Waals surface area contributed by atoms with Crippen molar-refractivity contribution < 1.29 is 9.53 Å². The summed E-state index contributed by atoms with van der Waals surface area (Å²) in [6.45, 7) is 4.40. The van der Waals surface area contributed by atoms with Crippen LogP contribution in [-0.2, 0) is 6.61 Å². The van der Waals surface area contributed by atoms with Crippen LogP contribution < -0.4 is 4.74 Å². The van der Waals surface area contributed by atoms with E-state index in [0.29, 0.717) is 34.3 Å². The quantitative estimate of drug-likeness (QED) is 0.743. The van der Waals surface area contributed by atoms with Gasteiger partial charge < -0.3 is 4.74 Å². The van der Waals surface area contributed by atoms with Crippen LogP contribution in [0, 0.1) is 13.8 Å². The Balaban J connectivity index is 2.27. The highest BCUT2D eigenvalue weighted by Gasteiger charge is 2.11. The van der Waals surface area contributed by atoms with Crippen LogP contribution in [0.1, 0.15) is 27.0 Å². The van der Waals surface area contributed by atoms with Crippen LogP contribution in [0.4, 0.5) is 0 Å². The van der Waals surface area contributed by atoms with E-state index in [1.807, 2.05) is 26.0 Å². The fourth-order valence-electron chi connectivity index (χ4n) is 1.93. The van der Waals surface area contributed by atoms with Crippen LogP contribution in [0.3, 0.4) is 0 Å². The molecule has 0 spiro atoms. The number of hydrogen-bond acceptors (Lipinski definition) is 2. The molecule has 0 radical (unpaired) electrons. The van der Waals surface area contributed by atoms with E-state index in [0.717, 1.165) is 16.7 Å². The Morgan fingerprint density at radius 3 is 2.60 bits per heavy atom. The monoisotopic (exact) mass is 308 g/mol. The molecule has 0 aliphatic heterocycles. The lowest BCUT2D eigenvalue weighted by Crippen LogP contribution is -2.01. The van der Waals surface area contributed by atoms with E-state index in [1.165, 1.54) is 0 Å². The van der Waals surface area contributed by atoms with Crippen LogP contribution in [-0.4, -0.2) is 6.29 Å². The second-order valence-electron chi connectivity index (χ2n) is 4.64. The van der Waals surface area contributed by atoms with Crippen molar-refractivity contribution in [3.8, 4) is 5.75 Å². The molecule has 0 saturated carbocycles. The second kappa shape index (κ2) is 6.29. The molecule has 0 heterocycles. The van der Waals surface area contributed by atoms with Crippen molar-refractivity contribution in [3.05, 3.63) is 62.6 Å². The van der Waals surface area contributed by atoms with Crippen molar-refractivity contribution in [1.29, 1.82) is 0 Å². The van der Waals surface area contributed by atoms with Gasteiger partial charge in [-0.15, -0.1) is 0 Å². The average molecular weight is 309 g/mol. The Kier molecular flexibility index (Phi) is 4.69. The Morgan fingerprint density at radius 2 is 1.90 bits per heavy atom. The van der Waals surface area contributed by atoms with Gasteiger partial charge in [-0.2, -0.15) is 0 Å². The normalized spacial score (nSPS) is 10.4. The summed E-state index contributed by atoms with van der Waals surface area (Å²) in [4.78, 5) is 11.1. The lowest BCUT2D eigenvalue weighted by atomic mass is 10.1. The molecule has 0 unspecified atom stereocenters. The predicted molar refractivity (Wildman–Crippen MR) is 82.1 cm³/mol. The predicted octanol–water partition coefficient (Wildman–Crippen LogP) is 5.00. The summed E-state index contributed by atoms with van der Waals surface area (Å²) in [5, 5.41) is 0.751. The zero-order chi connectivity index (χ0) is 14.7. The molecule has 0 N–H and O–H groups in total. The largest absolute Gasteiger partial charge is 0.487 e. The summed E-state index contributed by atoms with van der Waals surface area (Å²) >= 11 is 11.9. The minimum absolute atomic E-state index is 0.338. The van der Waals surface area contributed by atoms with E-state index in [-0.39, 0.29) is 0 Å². The molecule has 4 heteroatoms. The molecule has 0 saturated heterocycles. The van der Waals surface area contributed by atoms with E-state index >= 15 is 0 Å². The van der Waals surface area contributed by atoms with E-state index in [4.69, 9.17) is 27.9 Å². The topological polar surface area (TPSA) is 26.3 Å². The van der Waals surface area contributed by atoms with Gasteiger partial charge in [0.2, 0.25) is 0 Å². The van der Waals surface area contributed by atoms with Crippen molar-refractivity contribution in [2.75, 3.05) is 0 Å². The van der Waals surface area contributed by atoms with Crippen molar-refractivity contribution in [3.63, 3.8) is 0 Å². The fourth-order valence-corrected chi connectivity index (χ4v) is 2.49. The maximum absolute atomic E-state index is 11.1. The highest BCUT2D eigenvalue weighted by molar-refractivity contribution is 6.36. The van der Waals surface area contributed by atoms with Crippen molar-refractivity contribution >= 4 is 29.5 Å². The number of carbonyl (C=O) groups excluding carboxylic acids is 1. The number of aryl methyl sites for hydroxylation is 2. The van der Waals surface area contributed by atoms with Crippen LogP contribution in [0.25, 0.3) is 0 Å². The van der Waals surface area contributed by atoms with Gasteiger partial charge in [0, 0.05) is 5.02 Å². The molecule has 0 atom stereocenters. The van der Waals surface area contributed by atoms with Gasteiger partial charge in [-0.3, -0.25) is 4.79 Å². The molecule has 0 aliphatic rings. The van der Waals surface area contributed by atoms with Gasteiger partial charge in [0.15, 0.2) is 6.29 Å². The van der Waals surface area contributed by atoms with Gasteiger partial charge in [-0.25, -0.2) is 0 Å². The molecule has 2 aromatic carbocycles. The number of rotatable bonds is 4. The third-order valence-corrected chi connectivity index (χ3v) is 3.54. The first-order chi connectivity index (χ1) is 9.51. The van der Waals surface area contributed by atoms with Crippen LogP contribution in [0.15, 0.2) is 30.3 Å². The van der Waals surface area contributed by atoms with Crippen LogP contribution in [0.2, 0.25) is 10.0 Å². The molecule has 104 valence electrons. The van der Waals surface area contributed by atoms with Gasteiger partial charge in [0.05, 0.1) is 10.6 Å². The zero-order valence-electron chi connectivity index (χ0n) is 11.2. The summed E-state index contributed by atoms with van der Waals surface area (Å²) < 4.78 is 5.71.